The fraction of sp³-hybridized carbons (Fsp3) is 0.500. The van der Waals surface area contributed by atoms with E-state index in [0.29, 0.717) is 24.0 Å². The van der Waals surface area contributed by atoms with Gasteiger partial charge < -0.3 is 10.6 Å². The third-order valence-corrected chi connectivity index (χ3v) is 4.06. The van der Waals surface area contributed by atoms with Gasteiger partial charge in [-0.1, -0.05) is 17.7 Å². The van der Waals surface area contributed by atoms with Crippen LogP contribution < -0.4 is 5.73 Å². The van der Waals surface area contributed by atoms with E-state index in [-0.39, 0.29) is 23.9 Å². The van der Waals surface area contributed by atoms with Gasteiger partial charge in [-0.2, -0.15) is 0 Å². The van der Waals surface area contributed by atoms with Crippen molar-refractivity contribution in [1.82, 2.24) is 4.90 Å². The van der Waals surface area contributed by atoms with Crippen LogP contribution in [0.2, 0.25) is 5.02 Å². The molecule has 1 aromatic carbocycles. The van der Waals surface area contributed by atoms with E-state index in [2.05, 4.69) is 0 Å². The summed E-state index contributed by atoms with van der Waals surface area (Å²) in [5.74, 6) is -0.173. The number of amides is 1. The average molecular weight is 285 g/mol. The van der Waals surface area contributed by atoms with E-state index in [1.54, 1.807) is 11.0 Å². The molecule has 3 nitrogen and oxygen atoms in total. The topological polar surface area (TPSA) is 46.3 Å². The highest BCUT2D eigenvalue weighted by Gasteiger charge is 2.31. The molecule has 0 bridgehead atoms. The first-order valence-corrected chi connectivity index (χ1v) is 6.83. The Kier molecular flexibility index (Phi) is 4.42. The first-order chi connectivity index (χ1) is 9.02. The Balaban J connectivity index is 2.09. The molecule has 1 fully saturated rings. The fourth-order valence-electron chi connectivity index (χ4n) is 2.61. The third kappa shape index (κ3) is 3.07. The summed E-state index contributed by atoms with van der Waals surface area (Å²) in [4.78, 5) is 14.0. The molecular weight excluding hydrogens is 267 g/mol. The highest BCUT2D eigenvalue weighted by Crippen LogP contribution is 2.25. The lowest BCUT2D eigenvalue weighted by molar-refractivity contribution is -0.131. The largest absolute Gasteiger partial charge is 0.339 e. The highest BCUT2D eigenvalue weighted by atomic mass is 35.5. The van der Waals surface area contributed by atoms with Crippen LogP contribution in [0.25, 0.3) is 0 Å². The molecule has 104 valence electrons. The van der Waals surface area contributed by atoms with Crippen molar-refractivity contribution in [2.24, 2.45) is 11.7 Å². The first kappa shape index (κ1) is 14.3. The van der Waals surface area contributed by atoms with Crippen LogP contribution in [0, 0.1) is 11.7 Å². The zero-order valence-electron chi connectivity index (χ0n) is 10.9. The quantitative estimate of drug-likeness (QED) is 0.925. The number of benzene rings is 1. The molecule has 1 heterocycles. The normalized spacial score (nSPS) is 22.8. The molecule has 0 radical (unpaired) electrons. The molecular formula is C14H18ClFN2O. The van der Waals surface area contributed by atoms with Crippen molar-refractivity contribution in [3.8, 4) is 0 Å². The smallest absolute Gasteiger partial charge is 0.227 e. The molecule has 1 saturated heterocycles. The maximum absolute atomic E-state index is 13.7. The van der Waals surface area contributed by atoms with E-state index >= 15 is 0 Å². The van der Waals surface area contributed by atoms with Gasteiger partial charge in [0, 0.05) is 23.2 Å². The van der Waals surface area contributed by atoms with Crippen molar-refractivity contribution in [3.63, 3.8) is 0 Å². The number of carbonyl (C=O) groups excluding carboxylic acids is 1. The molecule has 2 rings (SSSR count). The minimum atomic E-state index is -0.428. The number of nitrogens with zero attached hydrogens (tertiary/aromatic N) is 1. The van der Waals surface area contributed by atoms with Gasteiger partial charge in [-0.3, -0.25) is 4.79 Å². The van der Waals surface area contributed by atoms with Crippen molar-refractivity contribution < 1.29 is 9.18 Å². The Bertz CT molecular complexity index is 460. The SMILES string of the molecule is CC1CC(CN)CN1C(=O)Cc1c(F)cccc1Cl. The molecule has 0 aromatic heterocycles. The summed E-state index contributed by atoms with van der Waals surface area (Å²) < 4.78 is 13.7. The second kappa shape index (κ2) is 5.88. The lowest BCUT2D eigenvalue weighted by atomic mass is 10.1. The van der Waals surface area contributed by atoms with Crippen LogP contribution in [-0.2, 0) is 11.2 Å². The van der Waals surface area contributed by atoms with Crippen LogP contribution in [0.15, 0.2) is 18.2 Å². The maximum atomic E-state index is 13.7. The molecule has 2 N–H and O–H groups in total. The highest BCUT2D eigenvalue weighted by molar-refractivity contribution is 6.31. The van der Waals surface area contributed by atoms with Crippen LogP contribution in [0.4, 0.5) is 4.39 Å². The van der Waals surface area contributed by atoms with Crippen molar-refractivity contribution in [1.29, 1.82) is 0 Å². The molecule has 19 heavy (non-hydrogen) atoms. The Morgan fingerprint density at radius 3 is 2.89 bits per heavy atom. The predicted molar refractivity (Wildman–Crippen MR) is 73.5 cm³/mol. The van der Waals surface area contributed by atoms with Gasteiger partial charge >= 0.3 is 0 Å². The van der Waals surface area contributed by atoms with Crippen molar-refractivity contribution >= 4 is 17.5 Å². The summed E-state index contributed by atoms with van der Waals surface area (Å²) in [5.41, 5.74) is 5.92. The Hall–Kier alpha value is -1.13. The van der Waals surface area contributed by atoms with Crippen molar-refractivity contribution in [2.75, 3.05) is 13.1 Å². The first-order valence-electron chi connectivity index (χ1n) is 6.45. The summed E-state index contributed by atoms with van der Waals surface area (Å²) >= 11 is 5.94. The molecule has 1 aliphatic heterocycles. The number of carbonyl (C=O) groups is 1. The third-order valence-electron chi connectivity index (χ3n) is 3.70. The van der Waals surface area contributed by atoms with Crippen LogP contribution >= 0.6 is 11.6 Å². The molecule has 1 aromatic rings. The standard InChI is InChI=1S/C14H18ClFN2O/c1-9-5-10(7-17)8-18(9)14(19)6-11-12(15)3-2-4-13(11)16/h2-4,9-10H,5-8,17H2,1H3. The number of rotatable bonds is 3. The molecule has 0 spiro atoms. The molecule has 0 aliphatic carbocycles. The molecule has 1 aliphatic rings. The lowest BCUT2D eigenvalue weighted by Gasteiger charge is -2.22. The summed E-state index contributed by atoms with van der Waals surface area (Å²) in [6, 6.07) is 4.62. The fourth-order valence-corrected chi connectivity index (χ4v) is 2.84. The number of hydrogen-bond acceptors (Lipinski definition) is 2. The van der Waals surface area contributed by atoms with Crippen molar-refractivity contribution in [2.45, 2.75) is 25.8 Å². The maximum Gasteiger partial charge on any atom is 0.227 e. The van der Waals surface area contributed by atoms with Gasteiger partial charge in [0.15, 0.2) is 0 Å². The minimum absolute atomic E-state index is 0.00708. The summed E-state index contributed by atoms with van der Waals surface area (Å²) in [5, 5.41) is 0.301. The van der Waals surface area contributed by atoms with Crippen LogP contribution in [0.5, 0.6) is 0 Å². The predicted octanol–water partition coefficient (Wildman–Crippen LogP) is 2.22. The monoisotopic (exact) mass is 284 g/mol. The summed E-state index contributed by atoms with van der Waals surface area (Å²) in [7, 11) is 0. The number of likely N-dealkylation sites (tertiary alicyclic amines) is 1. The van der Waals surface area contributed by atoms with E-state index < -0.39 is 5.82 Å². The van der Waals surface area contributed by atoms with Gasteiger partial charge in [-0.05, 0) is 37.9 Å². The number of halogens is 2. The van der Waals surface area contributed by atoms with Gasteiger partial charge in [0.05, 0.1) is 6.42 Å². The molecule has 1 amide bonds. The average Bonchev–Trinajstić information content (AvgIpc) is 2.75. The Morgan fingerprint density at radius 2 is 2.32 bits per heavy atom. The molecule has 0 saturated carbocycles. The zero-order chi connectivity index (χ0) is 14.0. The number of hydrogen-bond donors (Lipinski definition) is 1. The van der Waals surface area contributed by atoms with Gasteiger partial charge in [0.1, 0.15) is 5.82 Å². The van der Waals surface area contributed by atoms with Gasteiger partial charge in [-0.15, -0.1) is 0 Å². The summed E-state index contributed by atoms with van der Waals surface area (Å²) in [6.45, 7) is 3.23. The minimum Gasteiger partial charge on any atom is -0.339 e. The van der Waals surface area contributed by atoms with Gasteiger partial charge in [0.25, 0.3) is 0 Å². The van der Waals surface area contributed by atoms with Crippen LogP contribution in [0.1, 0.15) is 18.9 Å². The lowest BCUT2D eigenvalue weighted by Crippen LogP contribution is -2.35. The molecule has 2 unspecified atom stereocenters. The van der Waals surface area contributed by atoms with E-state index in [1.165, 1.54) is 12.1 Å². The van der Waals surface area contributed by atoms with E-state index in [0.717, 1.165) is 6.42 Å². The van der Waals surface area contributed by atoms with Gasteiger partial charge in [-0.25, -0.2) is 4.39 Å². The second-order valence-corrected chi connectivity index (χ2v) is 5.52. The Morgan fingerprint density at radius 1 is 1.58 bits per heavy atom. The number of nitrogens with two attached hydrogens (primary N) is 1. The molecule has 2 atom stereocenters. The van der Waals surface area contributed by atoms with E-state index in [9.17, 15) is 9.18 Å². The van der Waals surface area contributed by atoms with E-state index in [1.807, 2.05) is 6.92 Å². The van der Waals surface area contributed by atoms with Gasteiger partial charge in [0.2, 0.25) is 5.91 Å². The van der Waals surface area contributed by atoms with Crippen LogP contribution in [-0.4, -0.2) is 29.9 Å². The van der Waals surface area contributed by atoms with E-state index in [4.69, 9.17) is 17.3 Å². The van der Waals surface area contributed by atoms with Crippen molar-refractivity contribution in [3.05, 3.63) is 34.6 Å². The molecule has 5 heteroatoms. The Labute approximate surface area is 117 Å². The second-order valence-electron chi connectivity index (χ2n) is 5.11. The summed E-state index contributed by atoms with van der Waals surface area (Å²) in [6.07, 6.45) is 0.917. The van der Waals surface area contributed by atoms with Crippen LogP contribution in [0.3, 0.4) is 0 Å². The zero-order valence-corrected chi connectivity index (χ0v) is 11.7.